The second-order valence-corrected chi connectivity index (χ2v) is 6.57. The van der Waals surface area contributed by atoms with Crippen molar-refractivity contribution in [1.29, 1.82) is 0 Å². The maximum atomic E-state index is 12.3. The Morgan fingerprint density at radius 1 is 1.25 bits per heavy atom. The van der Waals surface area contributed by atoms with Crippen LogP contribution in [0.25, 0.3) is 5.57 Å². The van der Waals surface area contributed by atoms with E-state index in [1.807, 2.05) is 4.90 Å². The lowest BCUT2D eigenvalue weighted by atomic mass is 10.1. The summed E-state index contributed by atoms with van der Waals surface area (Å²) in [7, 11) is 2.10. The van der Waals surface area contributed by atoms with Crippen LogP contribution in [-0.4, -0.2) is 83.6 Å². The van der Waals surface area contributed by atoms with Gasteiger partial charge in [-0.15, -0.1) is 0 Å². The van der Waals surface area contributed by atoms with E-state index in [0.29, 0.717) is 24.6 Å². The molecule has 132 valence electrons. The fourth-order valence-electron chi connectivity index (χ4n) is 3.15. The number of hydrogen-bond acceptors (Lipinski definition) is 6. The summed E-state index contributed by atoms with van der Waals surface area (Å²) in [5.41, 5.74) is 1.14. The van der Waals surface area contributed by atoms with Crippen LogP contribution < -0.4 is 0 Å². The first-order valence-electron chi connectivity index (χ1n) is 8.86. The summed E-state index contributed by atoms with van der Waals surface area (Å²) in [4.78, 5) is 23.3. The van der Waals surface area contributed by atoms with Gasteiger partial charge < -0.3 is 19.2 Å². The van der Waals surface area contributed by atoms with Crippen LogP contribution in [0.15, 0.2) is 10.6 Å². The minimum Gasteiger partial charge on any atom is -0.340 e. The lowest BCUT2D eigenvalue weighted by Crippen LogP contribution is -2.48. The molecular formula is C17H27N5O2. The van der Waals surface area contributed by atoms with Crippen LogP contribution >= 0.6 is 0 Å². The first-order valence-corrected chi connectivity index (χ1v) is 8.86. The molecular weight excluding hydrogens is 306 g/mol. The van der Waals surface area contributed by atoms with Crippen molar-refractivity contribution in [2.24, 2.45) is 0 Å². The van der Waals surface area contributed by atoms with E-state index in [2.05, 4.69) is 40.0 Å². The van der Waals surface area contributed by atoms with Gasteiger partial charge in [0.05, 0.1) is 0 Å². The molecule has 7 heteroatoms. The van der Waals surface area contributed by atoms with E-state index in [9.17, 15) is 4.79 Å². The molecule has 0 aliphatic carbocycles. The Morgan fingerprint density at radius 3 is 2.71 bits per heavy atom. The summed E-state index contributed by atoms with van der Waals surface area (Å²) in [6.07, 6.45) is 4.05. The van der Waals surface area contributed by atoms with E-state index in [1.54, 1.807) is 0 Å². The van der Waals surface area contributed by atoms with Crippen LogP contribution in [0.3, 0.4) is 0 Å². The summed E-state index contributed by atoms with van der Waals surface area (Å²) in [5, 5.41) is 4.07. The van der Waals surface area contributed by atoms with Crippen molar-refractivity contribution in [2.45, 2.75) is 26.2 Å². The van der Waals surface area contributed by atoms with Crippen molar-refractivity contribution in [3.63, 3.8) is 0 Å². The molecule has 0 radical (unpaired) electrons. The third-order valence-electron chi connectivity index (χ3n) is 4.89. The number of hydrogen-bond donors (Lipinski definition) is 0. The summed E-state index contributed by atoms with van der Waals surface area (Å²) < 4.78 is 5.32. The van der Waals surface area contributed by atoms with E-state index in [0.717, 1.165) is 57.8 Å². The average Bonchev–Trinajstić information content (AvgIpc) is 3.09. The fourth-order valence-corrected chi connectivity index (χ4v) is 3.15. The second-order valence-electron chi connectivity index (χ2n) is 6.57. The number of aromatic nitrogens is 2. The van der Waals surface area contributed by atoms with Gasteiger partial charge in [0.2, 0.25) is 11.8 Å². The van der Waals surface area contributed by atoms with Crippen molar-refractivity contribution < 1.29 is 9.32 Å². The van der Waals surface area contributed by atoms with Gasteiger partial charge in [0, 0.05) is 52.1 Å². The quantitative estimate of drug-likeness (QED) is 0.797. The largest absolute Gasteiger partial charge is 0.340 e. The zero-order valence-electron chi connectivity index (χ0n) is 14.7. The molecule has 0 unspecified atom stereocenters. The standard InChI is InChI=1S/C17H27N5O2/c1-3-21-10-12-22(13-11-21)16(23)5-4-15-18-17(19-24-15)14-6-8-20(2)9-7-14/h6H,3-5,7-13H2,1-2H3. The summed E-state index contributed by atoms with van der Waals surface area (Å²) >= 11 is 0. The number of amides is 1. The third-order valence-corrected chi connectivity index (χ3v) is 4.89. The SMILES string of the molecule is CCN1CCN(C(=O)CCc2nc(C3=CCN(C)CC3)no2)CC1. The first kappa shape index (κ1) is 17.1. The number of carbonyl (C=O) groups is 1. The molecule has 3 heterocycles. The molecule has 1 amide bonds. The van der Waals surface area contributed by atoms with Crippen molar-refractivity contribution in [1.82, 2.24) is 24.8 Å². The zero-order chi connectivity index (χ0) is 16.9. The Bertz CT molecular complexity index is 590. The van der Waals surface area contributed by atoms with E-state index in [4.69, 9.17) is 4.52 Å². The van der Waals surface area contributed by atoms with Crippen LogP contribution in [0.4, 0.5) is 0 Å². The predicted molar refractivity (Wildman–Crippen MR) is 91.4 cm³/mol. The lowest BCUT2D eigenvalue weighted by molar-refractivity contribution is -0.132. The Balaban J connectivity index is 1.48. The van der Waals surface area contributed by atoms with Gasteiger partial charge in [0.25, 0.3) is 0 Å². The molecule has 0 atom stereocenters. The highest BCUT2D eigenvalue weighted by Gasteiger charge is 2.21. The molecule has 0 aromatic carbocycles. The molecule has 1 aromatic heterocycles. The number of aryl methyl sites for hydroxylation is 1. The smallest absolute Gasteiger partial charge is 0.227 e. The van der Waals surface area contributed by atoms with Gasteiger partial charge in [-0.05, 0) is 25.6 Å². The monoisotopic (exact) mass is 333 g/mol. The Kier molecular flexibility index (Phi) is 5.63. The van der Waals surface area contributed by atoms with Gasteiger partial charge in [-0.3, -0.25) is 4.79 Å². The number of carbonyl (C=O) groups excluding carboxylic acids is 1. The molecule has 0 N–H and O–H groups in total. The Hall–Kier alpha value is -1.73. The van der Waals surface area contributed by atoms with Crippen LogP contribution in [0, 0.1) is 0 Å². The summed E-state index contributed by atoms with van der Waals surface area (Å²) in [5.74, 6) is 1.43. The number of nitrogens with zero attached hydrogens (tertiary/aromatic N) is 5. The second kappa shape index (κ2) is 7.90. The zero-order valence-corrected chi connectivity index (χ0v) is 14.7. The van der Waals surface area contributed by atoms with Crippen molar-refractivity contribution in [2.75, 3.05) is 52.9 Å². The molecule has 24 heavy (non-hydrogen) atoms. The molecule has 3 rings (SSSR count). The van der Waals surface area contributed by atoms with E-state index in [-0.39, 0.29) is 5.91 Å². The van der Waals surface area contributed by atoms with Crippen molar-refractivity contribution >= 4 is 11.5 Å². The van der Waals surface area contributed by atoms with E-state index in [1.165, 1.54) is 0 Å². The highest BCUT2D eigenvalue weighted by molar-refractivity contribution is 5.76. The van der Waals surface area contributed by atoms with Gasteiger partial charge in [0.1, 0.15) is 0 Å². The van der Waals surface area contributed by atoms with Gasteiger partial charge in [0.15, 0.2) is 5.82 Å². The van der Waals surface area contributed by atoms with Gasteiger partial charge in [-0.2, -0.15) is 4.98 Å². The fraction of sp³-hybridized carbons (Fsp3) is 0.706. The Morgan fingerprint density at radius 2 is 2.04 bits per heavy atom. The third kappa shape index (κ3) is 4.21. The molecule has 2 aliphatic rings. The molecule has 1 fully saturated rings. The number of rotatable bonds is 5. The van der Waals surface area contributed by atoms with E-state index < -0.39 is 0 Å². The molecule has 7 nitrogen and oxygen atoms in total. The maximum absolute atomic E-state index is 12.3. The van der Waals surface area contributed by atoms with Crippen molar-refractivity contribution in [3.8, 4) is 0 Å². The predicted octanol–water partition coefficient (Wildman–Crippen LogP) is 0.885. The van der Waals surface area contributed by atoms with Gasteiger partial charge in [-0.1, -0.05) is 18.2 Å². The minimum absolute atomic E-state index is 0.184. The lowest BCUT2D eigenvalue weighted by Gasteiger charge is -2.34. The molecule has 1 aromatic rings. The highest BCUT2D eigenvalue weighted by atomic mass is 16.5. The normalized spacial score (nSPS) is 20.2. The summed E-state index contributed by atoms with van der Waals surface area (Å²) in [6, 6.07) is 0. The molecule has 1 saturated heterocycles. The molecule has 2 aliphatic heterocycles. The number of piperazine rings is 1. The van der Waals surface area contributed by atoms with Gasteiger partial charge in [-0.25, -0.2) is 0 Å². The summed E-state index contributed by atoms with van der Waals surface area (Å²) in [6.45, 7) is 8.72. The average molecular weight is 333 g/mol. The first-order chi connectivity index (χ1) is 11.7. The van der Waals surface area contributed by atoms with Crippen LogP contribution in [0.2, 0.25) is 0 Å². The molecule has 0 saturated carbocycles. The minimum atomic E-state index is 0.184. The van der Waals surface area contributed by atoms with Crippen LogP contribution in [-0.2, 0) is 11.2 Å². The highest BCUT2D eigenvalue weighted by Crippen LogP contribution is 2.19. The maximum Gasteiger partial charge on any atom is 0.227 e. The Labute approximate surface area is 143 Å². The molecule has 0 bridgehead atoms. The number of likely N-dealkylation sites (N-methyl/N-ethyl adjacent to an activating group) is 2. The van der Waals surface area contributed by atoms with Crippen molar-refractivity contribution in [3.05, 3.63) is 17.8 Å². The topological polar surface area (TPSA) is 65.7 Å². The molecule has 0 spiro atoms. The van der Waals surface area contributed by atoms with E-state index >= 15 is 0 Å². The van der Waals surface area contributed by atoms with Gasteiger partial charge >= 0.3 is 0 Å². The van der Waals surface area contributed by atoms with Crippen LogP contribution in [0.1, 0.15) is 31.5 Å². The van der Waals surface area contributed by atoms with Crippen LogP contribution in [0.5, 0.6) is 0 Å².